The first-order chi connectivity index (χ1) is 11.3. The van der Waals surface area contributed by atoms with Gasteiger partial charge in [-0.1, -0.05) is 6.07 Å². The number of hydrogen-bond donors (Lipinski definition) is 1. The molecule has 5 nitrogen and oxygen atoms in total. The molecule has 4 rings (SSSR count). The van der Waals surface area contributed by atoms with Crippen molar-refractivity contribution in [1.29, 1.82) is 0 Å². The lowest BCUT2D eigenvalue weighted by Gasteiger charge is -2.33. The summed E-state index contributed by atoms with van der Waals surface area (Å²) < 4.78 is 2.05. The molecule has 1 aliphatic carbocycles. The fraction of sp³-hybridized carbons (Fsp3) is 0.529. The van der Waals surface area contributed by atoms with Crippen molar-refractivity contribution in [3.05, 3.63) is 40.6 Å². The van der Waals surface area contributed by atoms with Gasteiger partial charge in [0.05, 0.1) is 12.0 Å². The average molecular weight is 330 g/mol. The van der Waals surface area contributed by atoms with Gasteiger partial charge in [0.2, 0.25) is 5.91 Å². The summed E-state index contributed by atoms with van der Waals surface area (Å²) in [5.74, 6) is 0.952. The van der Waals surface area contributed by atoms with E-state index in [1.807, 2.05) is 10.8 Å². The highest BCUT2D eigenvalue weighted by atomic mass is 32.1. The van der Waals surface area contributed by atoms with Gasteiger partial charge < -0.3 is 9.88 Å². The second-order valence-corrected chi connectivity index (χ2v) is 7.60. The van der Waals surface area contributed by atoms with Crippen LogP contribution >= 0.6 is 11.3 Å². The number of thiophene rings is 1. The van der Waals surface area contributed by atoms with Gasteiger partial charge in [-0.15, -0.1) is 11.3 Å². The van der Waals surface area contributed by atoms with Gasteiger partial charge in [-0.05, 0) is 36.6 Å². The van der Waals surface area contributed by atoms with Crippen molar-refractivity contribution in [2.45, 2.75) is 31.8 Å². The first-order valence-corrected chi connectivity index (χ1v) is 9.21. The van der Waals surface area contributed by atoms with Gasteiger partial charge in [-0.3, -0.25) is 9.69 Å². The monoisotopic (exact) mass is 330 g/mol. The van der Waals surface area contributed by atoms with E-state index in [1.165, 1.54) is 17.7 Å². The molecule has 0 radical (unpaired) electrons. The van der Waals surface area contributed by atoms with Gasteiger partial charge in [-0.25, -0.2) is 4.98 Å². The van der Waals surface area contributed by atoms with Crippen LogP contribution in [0.1, 0.15) is 29.5 Å². The van der Waals surface area contributed by atoms with E-state index in [0.717, 1.165) is 37.7 Å². The smallest absolute Gasteiger partial charge is 0.244 e. The van der Waals surface area contributed by atoms with Crippen LogP contribution in [0, 0.1) is 5.92 Å². The summed E-state index contributed by atoms with van der Waals surface area (Å²) in [5.41, 5.74) is 1.15. The Morgan fingerprint density at radius 2 is 2.35 bits per heavy atom. The normalized spacial score (nSPS) is 21.1. The molecule has 2 aromatic heterocycles. The number of imidazole rings is 1. The number of hydrogen-bond acceptors (Lipinski definition) is 4. The first-order valence-electron chi connectivity index (χ1n) is 8.33. The number of amides is 1. The highest BCUT2D eigenvalue weighted by Crippen LogP contribution is 2.32. The van der Waals surface area contributed by atoms with Crippen molar-refractivity contribution in [1.82, 2.24) is 19.8 Å². The number of aromatic nitrogens is 2. The molecule has 122 valence electrons. The number of fused-ring (bicyclic) bond motifs is 1. The number of rotatable bonds is 6. The molecule has 6 heteroatoms. The number of carbonyl (C=O) groups excluding carboxylic acids is 1. The fourth-order valence-corrected chi connectivity index (χ4v) is 3.97. The minimum absolute atomic E-state index is 0.112. The van der Waals surface area contributed by atoms with Crippen molar-refractivity contribution >= 4 is 17.2 Å². The van der Waals surface area contributed by atoms with E-state index in [9.17, 15) is 4.79 Å². The zero-order valence-corrected chi connectivity index (χ0v) is 14.0. The summed E-state index contributed by atoms with van der Waals surface area (Å²) >= 11 is 1.74. The van der Waals surface area contributed by atoms with Crippen LogP contribution in [0.4, 0.5) is 0 Å². The van der Waals surface area contributed by atoms with Gasteiger partial charge in [0.15, 0.2) is 0 Å². The van der Waals surface area contributed by atoms with Crippen molar-refractivity contribution in [2.24, 2.45) is 5.92 Å². The third kappa shape index (κ3) is 3.48. The van der Waals surface area contributed by atoms with Crippen LogP contribution in [0.2, 0.25) is 0 Å². The molecule has 2 aliphatic rings. The lowest BCUT2D eigenvalue weighted by atomic mass is 10.1. The summed E-state index contributed by atoms with van der Waals surface area (Å²) in [6.07, 6.45) is 7.28. The van der Waals surface area contributed by atoms with Crippen LogP contribution in [-0.2, 0) is 17.8 Å². The number of nitrogens with one attached hydrogen (secondary N) is 1. The summed E-state index contributed by atoms with van der Waals surface area (Å²) in [7, 11) is 0. The SMILES string of the molecule is O=C(NCCc1cccs1)C1CN(CC2CC2)Cc2cncn21. The maximum absolute atomic E-state index is 12.7. The standard InChI is InChI=1S/C17H22N4OS/c22-17(19-6-5-15-2-1-7-23-15)16-11-20(9-13-3-4-13)10-14-8-18-12-21(14)16/h1-2,7-8,12-13,16H,3-6,9-11H2,(H,19,22). The minimum Gasteiger partial charge on any atom is -0.354 e. The maximum atomic E-state index is 12.7. The second-order valence-electron chi connectivity index (χ2n) is 6.57. The fourth-order valence-electron chi connectivity index (χ4n) is 3.26. The Balaban J connectivity index is 1.38. The quantitative estimate of drug-likeness (QED) is 0.882. The van der Waals surface area contributed by atoms with Crippen LogP contribution in [0.3, 0.4) is 0 Å². The molecule has 3 heterocycles. The molecule has 1 unspecified atom stereocenters. The average Bonchev–Trinajstić information content (AvgIpc) is 3.03. The molecule has 0 saturated heterocycles. The highest BCUT2D eigenvalue weighted by molar-refractivity contribution is 7.09. The molecule has 2 aromatic rings. The molecule has 1 fully saturated rings. The summed E-state index contributed by atoms with van der Waals surface area (Å²) in [5, 5.41) is 5.18. The van der Waals surface area contributed by atoms with E-state index in [-0.39, 0.29) is 11.9 Å². The van der Waals surface area contributed by atoms with E-state index in [4.69, 9.17) is 0 Å². The Morgan fingerprint density at radius 1 is 1.43 bits per heavy atom. The highest BCUT2D eigenvalue weighted by Gasteiger charge is 2.33. The number of carbonyl (C=O) groups is 1. The zero-order chi connectivity index (χ0) is 15.6. The van der Waals surface area contributed by atoms with Crippen molar-refractivity contribution < 1.29 is 4.79 Å². The predicted octanol–water partition coefficient (Wildman–Crippen LogP) is 2.07. The van der Waals surface area contributed by atoms with Gasteiger partial charge in [0, 0.05) is 37.3 Å². The molecule has 1 atom stereocenters. The molecular formula is C17H22N4OS. The predicted molar refractivity (Wildman–Crippen MR) is 90.3 cm³/mol. The van der Waals surface area contributed by atoms with E-state index in [2.05, 4.69) is 32.7 Å². The lowest BCUT2D eigenvalue weighted by molar-refractivity contribution is -0.125. The minimum atomic E-state index is -0.150. The van der Waals surface area contributed by atoms with Crippen LogP contribution in [0.5, 0.6) is 0 Å². The van der Waals surface area contributed by atoms with Gasteiger partial charge in [0.1, 0.15) is 6.04 Å². The Labute approximate surface area is 140 Å². The topological polar surface area (TPSA) is 50.2 Å². The molecule has 23 heavy (non-hydrogen) atoms. The van der Waals surface area contributed by atoms with Gasteiger partial charge >= 0.3 is 0 Å². The van der Waals surface area contributed by atoms with E-state index < -0.39 is 0 Å². The molecule has 1 N–H and O–H groups in total. The molecule has 0 spiro atoms. The molecule has 0 aromatic carbocycles. The van der Waals surface area contributed by atoms with Crippen LogP contribution in [0.25, 0.3) is 0 Å². The largest absolute Gasteiger partial charge is 0.354 e. The van der Waals surface area contributed by atoms with Crippen LogP contribution in [0.15, 0.2) is 30.0 Å². The third-order valence-electron chi connectivity index (χ3n) is 4.67. The van der Waals surface area contributed by atoms with Crippen LogP contribution in [-0.4, -0.2) is 40.0 Å². The van der Waals surface area contributed by atoms with E-state index >= 15 is 0 Å². The Kier molecular flexibility index (Phi) is 4.18. The Bertz CT molecular complexity index is 662. The van der Waals surface area contributed by atoms with E-state index in [1.54, 1.807) is 17.7 Å². The lowest BCUT2D eigenvalue weighted by Crippen LogP contribution is -2.45. The first kappa shape index (κ1) is 14.9. The molecule has 0 bridgehead atoms. The number of nitrogens with zero attached hydrogens (tertiary/aromatic N) is 3. The van der Waals surface area contributed by atoms with Crippen molar-refractivity contribution in [3.8, 4) is 0 Å². The zero-order valence-electron chi connectivity index (χ0n) is 13.1. The van der Waals surface area contributed by atoms with E-state index in [0.29, 0.717) is 6.54 Å². The summed E-state index contributed by atoms with van der Waals surface area (Å²) in [4.78, 5) is 20.6. The Morgan fingerprint density at radius 3 is 3.13 bits per heavy atom. The summed E-state index contributed by atoms with van der Waals surface area (Å²) in [6.45, 7) is 3.52. The van der Waals surface area contributed by atoms with Crippen LogP contribution < -0.4 is 5.32 Å². The Hall–Kier alpha value is -1.66. The maximum Gasteiger partial charge on any atom is 0.244 e. The van der Waals surface area contributed by atoms with Gasteiger partial charge in [0.25, 0.3) is 0 Å². The molecule has 1 saturated carbocycles. The summed E-state index contributed by atoms with van der Waals surface area (Å²) in [6, 6.07) is 4.02. The second kappa shape index (κ2) is 6.45. The molecule has 1 aliphatic heterocycles. The van der Waals surface area contributed by atoms with Crippen molar-refractivity contribution in [2.75, 3.05) is 19.6 Å². The third-order valence-corrected chi connectivity index (χ3v) is 5.60. The molecular weight excluding hydrogens is 308 g/mol. The molecule has 1 amide bonds. The van der Waals surface area contributed by atoms with Gasteiger partial charge in [-0.2, -0.15) is 0 Å². The van der Waals surface area contributed by atoms with Crippen molar-refractivity contribution in [3.63, 3.8) is 0 Å².